The largest absolute Gasteiger partial charge is 0.294 e. The lowest BCUT2D eigenvalue weighted by molar-refractivity contribution is -0.121. The molecule has 2 heterocycles. The van der Waals surface area contributed by atoms with Crippen molar-refractivity contribution in [1.82, 2.24) is 4.90 Å². The fraction of sp³-hybridized carbons (Fsp3) is 0.0588. The van der Waals surface area contributed by atoms with Crippen molar-refractivity contribution < 1.29 is 17.6 Å². The number of sulfonamides is 1. The normalized spacial score (nSPS) is 18.0. The van der Waals surface area contributed by atoms with Crippen LogP contribution in [0.3, 0.4) is 0 Å². The van der Waals surface area contributed by atoms with Crippen LogP contribution < -0.4 is 0 Å². The minimum atomic E-state index is -3.92. The lowest BCUT2D eigenvalue weighted by Crippen LogP contribution is -2.29. The Hall–Kier alpha value is -2.23. The molecule has 0 aliphatic carbocycles. The molecule has 26 heavy (non-hydrogen) atoms. The molecule has 1 aromatic carbocycles. The van der Waals surface area contributed by atoms with Gasteiger partial charge < -0.3 is 0 Å². The van der Waals surface area contributed by atoms with E-state index >= 15 is 0 Å². The number of benzene rings is 1. The summed E-state index contributed by atoms with van der Waals surface area (Å²) in [5.74, 6) is -0.918. The van der Waals surface area contributed by atoms with Gasteiger partial charge in [-0.15, -0.1) is 22.3 Å². The molecule has 0 atom stereocenters. The van der Waals surface area contributed by atoms with Gasteiger partial charge in [0.1, 0.15) is 10.0 Å². The van der Waals surface area contributed by atoms with E-state index in [4.69, 9.17) is 0 Å². The standard InChI is InChI=1S/C17H13FN2O3S3/c1-2-9-20-16(21)14(11-12-6-3-4-7-13(12)18)25-17(20)19-26(22,23)15-8-5-10-24-15/h2-8,10-11H,1,9H2/b14-11-,19-17?. The van der Waals surface area contributed by atoms with E-state index in [1.165, 1.54) is 35.3 Å². The first-order chi connectivity index (χ1) is 12.4. The summed E-state index contributed by atoms with van der Waals surface area (Å²) >= 11 is 1.93. The lowest BCUT2D eigenvalue weighted by Gasteiger charge is -2.12. The van der Waals surface area contributed by atoms with Crippen molar-refractivity contribution >= 4 is 50.3 Å². The van der Waals surface area contributed by atoms with E-state index in [9.17, 15) is 17.6 Å². The summed E-state index contributed by atoms with van der Waals surface area (Å²) in [5, 5.41) is 1.65. The first kappa shape index (κ1) is 18.6. The first-order valence-corrected chi connectivity index (χ1v) is 10.5. The Morgan fingerprint density at radius 2 is 2.00 bits per heavy atom. The molecule has 1 fully saturated rings. The van der Waals surface area contributed by atoms with Crippen LogP contribution in [-0.4, -0.2) is 30.9 Å². The summed E-state index contributed by atoms with van der Waals surface area (Å²) in [6.07, 6.45) is 2.86. The summed E-state index contributed by atoms with van der Waals surface area (Å²) < 4.78 is 42.5. The smallest absolute Gasteiger partial charge is 0.282 e. The van der Waals surface area contributed by atoms with Gasteiger partial charge in [-0.25, -0.2) is 4.39 Å². The van der Waals surface area contributed by atoms with Gasteiger partial charge in [0.2, 0.25) is 0 Å². The van der Waals surface area contributed by atoms with Crippen LogP contribution in [0.25, 0.3) is 6.08 Å². The highest BCUT2D eigenvalue weighted by Gasteiger charge is 2.34. The Morgan fingerprint density at radius 1 is 1.23 bits per heavy atom. The lowest BCUT2D eigenvalue weighted by atomic mass is 10.2. The van der Waals surface area contributed by atoms with Crippen LogP contribution in [0.1, 0.15) is 5.56 Å². The molecule has 1 aliphatic heterocycles. The first-order valence-electron chi connectivity index (χ1n) is 7.37. The molecule has 1 aliphatic rings. The molecule has 0 spiro atoms. The predicted molar refractivity (Wildman–Crippen MR) is 103 cm³/mol. The van der Waals surface area contributed by atoms with Crippen molar-refractivity contribution in [1.29, 1.82) is 0 Å². The van der Waals surface area contributed by atoms with Crippen LogP contribution in [-0.2, 0) is 14.8 Å². The zero-order chi connectivity index (χ0) is 18.7. The number of nitrogens with zero attached hydrogens (tertiary/aromatic N) is 2. The van der Waals surface area contributed by atoms with Crippen molar-refractivity contribution in [2.45, 2.75) is 4.21 Å². The highest BCUT2D eigenvalue weighted by Crippen LogP contribution is 2.34. The minimum Gasteiger partial charge on any atom is -0.282 e. The average Bonchev–Trinajstić information content (AvgIpc) is 3.22. The highest BCUT2D eigenvalue weighted by molar-refractivity contribution is 8.19. The molecular weight excluding hydrogens is 395 g/mol. The molecule has 1 amide bonds. The molecule has 1 saturated heterocycles. The number of thioether (sulfide) groups is 1. The Balaban J connectivity index is 2.01. The van der Waals surface area contributed by atoms with E-state index in [0.29, 0.717) is 0 Å². The molecule has 1 aromatic heterocycles. The predicted octanol–water partition coefficient (Wildman–Crippen LogP) is 3.73. The van der Waals surface area contributed by atoms with Crippen LogP contribution in [0, 0.1) is 5.82 Å². The van der Waals surface area contributed by atoms with Crippen molar-refractivity contribution in [2.24, 2.45) is 4.40 Å². The van der Waals surface area contributed by atoms with Crippen molar-refractivity contribution in [3.8, 4) is 0 Å². The Morgan fingerprint density at radius 3 is 2.65 bits per heavy atom. The van der Waals surface area contributed by atoms with E-state index in [-0.39, 0.29) is 26.4 Å². The monoisotopic (exact) mass is 408 g/mol. The number of carbonyl (C=O) groups is 1. The van der Waals surface area contributed by atoms with Crippen LogP contribution in [0.4, 0.5) is 4.39 Å². The molecular formula is C17H13FN2O3S3. The maximum Gasteiger partial charge on any atom is 0.294 e. The van der Waals surface area contributed by atoms with Gasteiger partial charge in [0.25, 0.3) is 15.9 Å². The zero-order valence-electron chi connectivity index (χ0n) is 13.3. The van der Waals surface area contributed by atoms with E-state index in [0.717, 1.165) is 23.1 Å². The molecule has 0 radical (unpaired) electrons. The number of amides is 1. The molecule has 0 unspecified atom stereocenters. The number of thiophene rings is 1. The second kappa shape index (κ2) is 7.56. The number of rotatable bonds is 5. The third-order valence-corrected chi connectivity index (χ3v) is 7.10. The maximum atomic E-state index is 13.8. The Kier molecular flexibility index (Phi) is 5.40. The van der Waals surface area contributed by atoms with Gasteiger partial charge in [-0.1, -0.05) is 30.3 Å². The maximum absolute atomic E-state index is 13.8. The molecule has 0 N–H and O–H groups in total. The number of hydrogen-bond acceptors (Lipinski definition) is 5. The van der Waals surface area contributed by atoms with Crippen molar-refractivity contribution in [3.63, 3.8) is 0 Å². The number of hydrogen-bond donors (Lipinski definition) is 0. The molecule has 0 bridgehead atoms. The minimum absolute atomic E-state index is 0.0193. The summed E-state index contributed by atoms with van der Waals surface area (Å²) in [7, 11) is -3.92. The van der Waals surface area contributed by atoms with E-state index in [1.807, 2.05) is 0 Å². The second-order valence-corrected chi connectivity index (χ2v) is 8.91. The molecule has 2 aromatic rings. The fourth-order valence-corrected chi connectivity index (χ4v) is 5.31. The summed E-state index contributed by atoms with van der Waals surface area (Å²) in [6.45, 7) is 3.67. The number of amidine groups is 1. The quantitative estimate of drug-likeness (QED) is 0.558. The van der Waals surface area contributed by atoms with E-state index in [2.05, 4.69) is 11.0 Å². The third-order valence-electron chi connectivity index (χ3n) is 3.34. The van der Waals surface area contributed by atoms with Crippen molar-refractivity contribution in [2.75, 3.05) is 6.54 Å². The van der Waals surface area contributed by atoms with Crippen LogP contribution in [0.2, 0.25) is 0 Å². The fourth-order valence-electron chi connectivity index (χ4n) is 2.16. The van der Waals surface area contributed by atoms with Crippen LogP contribution in [0.15, 0.2) is 67.9 Å². The SMILES string of the molecule is C=CCN1C(=O)/C(=C/c2ccccc2F)SC1=NS(=O)(=O)c1cccs1. The Bertz CT molecular complexity index is 1010. The van der Waals surface area contributed by atoms with E-state index < -0.39 is 21.7 Å². The second-order valence-electron chi connectivity index (χ2n) is 5.12. The third kappa shape index (κ3) is 3.79. The highest BCUT2D eigenvalue weighted by atomic mass is 32.2. The van der Waals surface area contributed by atoms with E-state index in [1.54, 1.807) is 23.6 Å². The van der Waals surface area contributed by atoms with Crippen LogP contribution in [0.5, 0.6) is 0 Å². The Labute approximate surface area is 158 Å². The van der Waals surface area contributed by atoms with Crippen LogP contribution >= 0.6 is 23.1 Å². The molecule has 3 rings (SSSR count). The average molecular weight is 409 g/mol. The number of halogens is 1. The van der Waals surface area contributed by atoms with Gasteiger partial charge in [-0.05, 0) is 35.4 Å². The number of carbonyl (C=O) groups excluding carboxylic acids is 1. The molecule has 5 nitrogen and oxygen atoms in total. The zero-order valence-corrected chi connectivity index (χ0v) is 15.8. The van der Waals surface area contributed by atoms with Gasteiger partial charge in [0.15, 0.2) is 5.17 Å². The van der Waals surface area contributed by atoms with Gasteiger partial charge >= 0.3 is 0 Å². The van der Waals surface area contributed by atoms with Gasteiger partial charge in [0, 0.05) is 12.1 Å². The van der Waals surface area contributed by atoms with Gasteiger partial charge in [-0.2, -0.15) is 8.42 Å². The molecule has 9 heteroatoms. The topological polar surface area (TPSA) is 66.8 Å². The summed E-state index contributed by atoms with van der Waals surface area (Å²) in [4.78, 5) is 14.0. The summed E-state index contributed by atoms with van der Waals surface area (Å²) in [6, 6.07) is 9.07. The molecule has 134 valence electrons. The van der Waals surface area contributed by atoms with Crippen molar-refractivity contribution in [3.05, 3.63) is 70.7 Å². The van der Waals surface area contributed by atoms with Gasteiger partial charge in [-0.3, -0.25) is 9.69 Å². The van der Waals surface area contributed by atoms with Gasteiger partial charge in [0.05, 0.1) is 4.91 Å². The molecule has 0 saturated carbocycles. The summed E-state index contributed by atoms with van der Waals surface area (Å²) in [5.41, 5.74) is 0.240.